The minimum atomic E-state index is 0.433. The van der Waals surface area contributed by atoms with Crippen molar-refractivity contribution >= 4 is 23.2 Å². The van der Waals surface area contributed by atoms with Gasteiger partial charge in [0.25, 0.3) is 0 Å². The summed E-state index contributed by atoms with van der Waals surface area (Å²) < 4.78 is 0. The zero-order chi connectivity index (χ0) is 14.9. The molecule has 0 atom stereocenters. The fraction of sp³-hybridized carbons (Fsp3) is 0.0625. The van der Waals surface area contributed by atoms with Crippen molar-refractivity contribution in [3.8, 4) is 0 Å². The molecule has 6 nitrogen and oxygen atoms in total. The van der Waals surface area contributed by atoms with Gasteiger partial charge in [-0.15, -0.1) is 0 Å². The first-order valence-corrected chi connectivity index (χ1v) is 6.98. The highest BCUT2D eigenvalue weighted by atomic mass is 15.4. The predicted molar refractivity (Wildman–Crippen MR) is 85.6 cm³/mol. The number of pyridine rings is 1. The zero-order valence-electron chi connectivity index (χ0n) is 11.8. The standard InChI is InChI=1S/C16H14N6/c17-15-13-10-19-20-16(13)22(14-8-4-5-9-18-14)11-21(15)12-6-2-1-3-7-12/h1-10,17H,11H2,(H,19,20). The third-order valence-electron chi connectivity index (χ3n) is 3.69. The van der Waals surface area contributed by atoms with Crippen molar-refractivity contribution in [3.63, 3.8) is 0 Å². The second-order valence-corrected chi connectivity index (χ2v) is 5.00. The van der Waals surface area contributed by atoms with Crippen LogP contribution in [0.1, 0.15) is 5.56 Å². The van der Waals surface area contributed by atoms with Gasteiger partial charge in [-0.05, 0) is 24.3 Å². The third kappa shape index (κ3) is 1.93. The molecule has 0 fully saturated rings. The van der Waals surface area contributed by atoms with Gasteiger partial charge < -0.3 is 4.90 Å². The molecule has 0 amide bonds. The second kappa shape index (κ2) is 5.00. The van der Waals surface area contributed by atoms with Crippen LogP contribution in [0, 0.1) is 5.41 Å². The van der Waals surface area contributed by atoms with Gasteiger partial charge in [0.15, 0.2) is 0 Å². The summed E-state index contributed by atoms with van der Waals surface area (Å²) in [5, 5.41) is 15.5. The van der Waals surface area contributed by atoms with E-state index in [0.29, 0.717) is 12.5 Å². The number of aromatic amines is 1. The van der Waals surface area contributed by atoms with E-state index < -0.39 is 0 Å². The Bertz CT molecular complexity index is 796. The maximum Gasteiger partial charge on any atom is 0.142 e. The predicted octanol–water partition coefficient (Wildman–Crippen LogP) is 2.75. The van der Waals surface area contributed by atoms with E-state index in [9.17, 15) is 0 Å². The highest BCUT2D eigenvalue weighted by molar-refractivity contribution is 6.13. The molecule has 0 unspecified atom stereocenters. The molecule has 6 heteroatoms. The Hall–Kier alpha value is -3.15. The number of rotatable bonds is 2. The molecule has 1 aromatic carbocycles. The lowest BCUT2D eigenvalue weighted by Gasteiger charge is -2.36. The normalized spacial score (nSPS) is 14.1. The number of hydrogen-bond donors (Lipinski definition) is 2. The molecule has 0 radical (unpaired) electrons. The van der Waals surface area contributed by atoms with Crippen molar-refractivity contribution in [2.24, 2.45) is 0 Å². The molecule has 1 aliphatic rings. The minimum Gasteiger partial charge on any atom is -0.307 e. The maximum absolute atomic E-state index is 8.45. The van der Waals surface area contributed by atoms with E-state index in [0.717, 1.165) is 22.9 Å². The number of anilines is 3. The lowest BCUT2D eigenvalue weighted by molar-refractivity contribution is 0.878. The first kappa shape index (κ1) is 12.6. The molecule has 108 valence electrons. The molecule has 0 saturated heterocycles. The monoisotopic (exact) mass is 290 g/mol. The summed E-state index contributed by atoms with van der Waals surface area (Å²) in [4.78, 5) is 8.37. The lowest BCUT2D eigenvalue weighted by Crippen LogP contribution is -2.45. The van der Waals surface area contributed by atoms with Crippen LogP contribution in [-0.2, 0) is 0 Å². The smallest absolute Gasteiger partial charge is 0.142 e. The first-order valence-electron chi connectivity index (χ1n) is 6.98. The van der Waals surface area contributed by atoms with Crippen LogP contribution in [0.2, 0.25) is 0 Å². The van der Waals surface area contributed by atoms with E-state index in [1.807, 2.05) is 58.3 Å². The Kier molecular flexibility index (Phi) is 2.86. The molecule has 0 aliphatic carbocycles. The van der Waals surface area contributed by atoms with Gasteiger partial charge in [-0.25, -0.2) is 4.98 Å². The molecule has 0 bridgehead atoms. The zero-order valence-corrected chi connectivity index (χ0v) is 11.8. The number of H-pyrrole nitrogens is 1. The average molecular weight is 290 g/mol. The Balaban J connectivity index is 1.81. The molecule has 2 N–H and O–H groups in total. The molecule has 2 aromatic heterocycles. The first-order chi connectivity index (χ1) is 10.8. The Labute approximate surface area is 127 Å². The Morgan fingerprint density at radius 3 is 2.59 bits per heavy atom. The molecule has 0 spiro atoms. The topological polar surface area (TPSA) is 71.9 Å². The molecule has 3 heterocycles. The fourth-order valence-electron chi connectivity index (χ4n) is 2.61. The Morgan fingerprint density at radius 1 is 1.00 bits per heavy atom. The van der Waals surface area contributed by atoms with Crippen LogP contribution < -0.4 is 9.80 Å². The summed E-state index contributed by atoms with van der Waals surface area (Å²) in [5.74, 6) is 2.06. The van der Waals surface area contributed by atoms with Crippen molar-refractivity contribution < 1.29 is 0 Å². The third-order valence-corrected chi connectivity index (χ3v) is 3.69. The van der Waals surface area contributed by atoms with E-state index in [2.05, 4.69) is 15.2 Å². The van der Waals surface area contributed by atoms with Crippen molar-refractivity contribution in [2.75, 3.05) is 16.5 Å². The van der Waals surface area contributed by atoms with Crippen molar-refractivity contribution in [3.05, 3.63) is 66.5 Å². The number of nitrogens with zero attached hydrogens (tertiary/aromatic N) is 4. The number of nitrogens with one attached hydrogen (secondary N) is 2. The number of fused-ring (bicyclic) bond motifs is 1. The Morgan fingerprint density at radius 2 is 1.82 bits per heavy atom. The van der Waals surface area contributed by atoms with Crippen molar-refractivity contribution in [2.45, 2.75) is 0 Å². The van der Waals surface area contributed by atoms with Crippen molar-refractivity contribution in [1.82, 2.24) is 15.2 Å². The minimum absolute atomic E-state index is 0.433. The summed E-state index contributed by atoms with van der Waals surface area (Å²) >= 11 is 0. The van der Waals surface area contributed by atoms with E-state index >= 15 is 0 Å². The maximum atomic E-state index is 8.45. The van der Waals surface area contributed by atoms with Gasteiger partial charge in [-0.2, -0.15) is 5.10 Å². The molecule has 22 heavy (non-hydrogen) atoms. The van der Waals surface area contributed by atoms with Crippen LogP contribution >= 0.6 is 0 Å². The van der Waals surface area contributed by atoms with E-state index in [1.165, 1.54) is 0 Å². The van der Waals surface area contributed by atoms with Gasteiger partial charge in [0, 0.05) is 11.9 Å². The highest BCUT2D eigenvalue weighted by Crippen LogP contribution is 2.32. The number of amidine groups is 1. The summed E-state index contributed by atoms with van der Waals surface area (Å²) in [6.07, 6.45) is 3.45. The van der Waals surface area contributed by atoms with Crippen LogP contribution in [-0.4, -0.2) is 27.7 Å². The summed E-state index contributed by atoms with van der Waals surface area (Å²) in [6, 6.07) is 15.7. The largest absolute Gasteiger partial charge is 0.307 e. The number of para-hydroxylation sites is 1. The van der Waals surface area contributed by atoms with E-state index in [1.54, 1.807) is 12.4 Å². The molecule has 4 rings (SSSR count). The van der Waals surface area contributed by atoms with Crippen LogP contribution in [0.3, 0.4) is 0 Å². The number of aromatic nitrogens is 3. The molecule has 3 aromatic rings. The van der Waals surface area contributed by atoms with E-state index in [4.69, 9.17) is 5.41 Å². The molecule has 1 aliphatic heterocycles. The van der Waals surface area contributed by atoms with Crippen LogP contribution in [0.5, 0.6) is 0 Å². The van der Waals surface area contributed by atoms with E-state index in [-0.39, 0.29) is 0 Å². The van der Waals surface area contributed by atoms with Gasteiger partial charge in [0.2, 0.25) is 0 Å². The van der Waals surface area contributed by atoms with Gasteiger partial charge in [0.1, 0.15) is 24.1 Å². The molecular weight excluding hydrogens is 276 g/mol. The van der Waals surface area contributed by atoms with Crippen molar-refractivity contribution in [1.29, 1.82) is 5.41 Å². The number of benzene rings is 1. The fourth-order valence-corrected chi connectivity index (χ4v) is 2.61. The quantitative estimate of drug-likeness (QED) is 0.761. The van der Waals surface area contributed by atoms with Gasteiger partial charge in [-0.1, -0.05) is 24.3 Å². The van der Waals surface area contributed by atoms with Crippen LogP contribution in [0.25, 0.3) is 0 Å². The van der Waals surface area contributed by atoms with Gasteiger partial charge >= 0.3 is 0 Å². The van der Waals surface area contributed by atoms with Gasteiger partial charge in [-0.3, -0.25) is 15.4 Å². The summed E-state index contributed by atoms with van der Waals surface area (Å²) in [6.45, 7) is 0.509. The van der Waals surface area contributed by atoms with Crippen LogP contribution in [0.4, 0.5) is 17.3 Å². The van der Waals surface area contributed by atoms with Crippen LogP contribution in [0.15, 0.2) is 60.9 Å². The summed E-state index contributed by atoms with van der Waals surface area (Å²) in [7, 11) is 0. The lowest BCUT2D eigenvalue weighted by atomic mass is 10.2. The number of hydrogen-bond acceptors (Lipinski definition) is 4. The highest BCUT2D eigenvalue weighted by Gasteiger charge is 2.30. The summed E-state index contributed by atoms with van der Waals surface area (Å²) in [5.41, 5.74) is 1.74. The molecular formula is C16H14N6. The average Bonchev–Trinajstić information content (AvgIpc) is 3.07. The molecule has 0 saturated carbocycles. The SMILES string of the molecule is N=C1c2cn[nH]c2N(c2ccccn2)CN1c1ccccc1. The van der Waals surface area contributed by atoms with Gasteiger partial charge in [0.05, 0.1) is 11.8 Å². The second-order valence-electron chi connectivity index (χ2n) is 5.00.